The van der Waals surface area contributed by atoms with Crippen LogP contribution >= 0.6 is 0 Å². The Bertz CT molecular complexity index is 811. The molecule has 0 amide bonds. The monoisotopic (exact) mass is 329 g/mol. The van der Waals surface area contributed by atoms with Crippen LogP contribution in [0.3, 0.4) is 0 Å². The van der Waals surface area contributed by atoms with E-state index in [9.17, 15) is 13.5 Å². The van der Waals surface area contributed by atoms with E-state index in [2.05, 4.69) is 0 Å². The summed E-state index contributed by atoms with van der Waals surface area (Å²) in [5.41, 5.74) is 2.68. The highest BCUT2D eigenvalue weighted by Crippen LogP contribution is 2.26. The maximum atomic E-state index is 12.7. The van der Waals surface area contributed by atoms with Crippen molar-refractivity contribution in [1.82, 2.24) is 4.31 Å². The predicted molar refractivity (Wildman–Crippen MR) is 90.4 cm³/mol. The van der Waals surface area contributed by atoms with Gasteiger partial charge in [0, 0.05) is 13.1 Å². The quantitative estimate of drug-likeness (QED) is 0.941. The molecule has 1 N–H and O–H groups in total. The molecule has 2 aromatic rings. The first-order valence-corrected chi connectivity index (χ1v) is 8.91. The van der Waals surface area contributed by atoms with Gasteiger partial charge in [0.15, 0.2) is 0 Å². The standard InChI is InChI=1S/C18H19NO3S/c1-14-7-9-17(10-8-14)23(21,22)19-12-16(18(20)13-19)11-15-5-3-2-4-6-15/h2-11,18,20H,12-13H2,1H3/b16-11+. The summed E-state index contributed by atoms with van der Waals surface area (Å²) in [4.78, 5) is 0.260. The molecule has 0 aliphatic carbocycles. The summed E-state index contributed by atoms with van der Waals surface area (Å²) in [5.74, 6) is 0. The summed E-state index contributed by atoms with van der Waals surface area (Å²) in [6.07, 6.45) is 1.09. The third-order valence-corrected chi connectivity index (χ3v) is 5.80. The van der Waals surface area contributed by atoms with Crippen molar-refractivity contribution in [3.63, 3.8) is 0 Å². The van der Waals surface area contributed by atoms with Crippen molar-refractivity contribution in [1.29, 1.82) is 0 Å². The van der Waals surface area contributed by atoms with Gasteiger partial charge in [-0.25, -0.2) is 8.42 Å². The van der Waals surface area contributed by atoms with Gasteiger partial charge in [-0.3, -0.25) is 0 Å². The fourth-order valence-corrected chi connectivity index (χ4v) is 4.07. The lowest BCUT2D eigenvalue weighted by Crippen LogP contribution is -2.29. The Hall–Kier alpha value is -1.95. The topological polar surface area (TPSA) is 57.6 Å². The van der Waals surface area contributed by atoms with Crippen LogP contribution in [-0.4, -0.2) is 37.0 Å². The Labute approximate surface area is 136 Å². The molecule has 2 aromatic carbocycles. The number of hydrogen-bond donors (Lipinski definition) is 1. The number of β-amino-alcohol motifs (C(OH)–C–C–N with tert-alkyl or cyclic N) is 1. The maximum Gasteiger partial charge on any atom is 0.243 e. The first-order valence-electron chi connectivity index (χ1n) is 7.47. The van der Waals surface area contributed by atoms with Gasteiger partial charge in [-0.1, -0.05) is 54.1 Å². The van der Waals surface area contributed by atoms with E-state index in [0.717, 1.165) is 11.1 Å². The zero-order valence-electron chi connectivity index (χ0n) is 12.9. The summed E-state index contributed by atoms with van der Waals surface area (Å²) in [7, 11) is -3.58. The van der Waals surface area contributed by atoms with Gasteiger partial charge in [-0.05, 0) is 30.2 Å². The molecule has 0 spiro atoms. The summed E-state index contributed by atoms with van der Waals surface area (Å²) in [6.45, 7) is 2.22. The average Bonchev–Trinajstić information content (AvgIpc) is 2.90. The van der Waals surface area contributed by atoms with E-state index in [1.54, 1.807) is 24.3 Å². The number of sulfonamides is 1. The Morgan fingerprint density at radius 2 is 1.74 bits per heavy atom. The zero-order valence-corrected chi connectivity index (χ0v) is 13.7. The highest BCUT2D eigenvalue weighted by molar-refractivity contribution is 7.89. The predicted octanol–water partition coefficient (Wildman–Crippen LogP) is 2.44. The lowest BCUT2D eigenvalue weighted by molar-refractivity contribution is 0.217. The van der Waals surface area contributed by atoms with Gasteiger partial charge in [0.2, 0.25) is 10.0 Å². The minimum Gasteiger partial charge on any atom is -0.387 e. The van der Waals surface area contributed by atoms with E-state index in [1.165, 1.54) is 4.31 Å². The second kappa shape index (κ2) is 6.28. The van der Waals surface area contributed by atoms with Crippen LogP contribution < -0.4 is 0 Å². The number of aryl methyl sites for hydroxylation is 1. The van der Waals surface area contributed by atoms with Crippen LogP contribution in [0.2, 0.25) is 0 Å². The van der Waals surface area contributed by atoms with Gasteiger partial charge in [0.05, 0.1) is 11.0 Å². The summed E-state index contributed by atoms with van der Waals surface area (Å²) in [5, 5.41) is 10.2. The summed E-state index contributed by atoms with van der Waals surface area (Å²) in [6, 6.07) is 16.4. The van der Waals surface area contributed by atoms with E-state index in [1.807, 2.05) is 43.3 Å². The van der Waals surface area contributed by atoms with Crippen LogP contribution in [0.5, 0.6) is 0 Å². The Balaban J connectivity index is 1.86. The molecular formula is C18H19NO3S. The third-order valence-electron chi connectivity index (χ3n) is 3.97. The van der Waals surface area contributed by atoms with Crippen LogP contribution in [0.25, 0.3) is 6.08 Å². The van der Waals surface area contributed by atoms with Gasteiger partial charge in [0.1, 0.15) is 0 Å². The molecule has 1 atom stereocenters. The van der Waals surface area contributed by atoms with Crippen molar-refractivity contribution in [2.75, 3.05) is 13.1 Å². The van der Waals surface area contributed by atoms with Gasteiger partial charge < -0.3 is 5.11 Å². The fraction of sp³-hybridized carbons (Fsp3) is 0.222. The lowest BCUT2D eigenvalue weighted by atomic mass is 10.1. The molecule has 0 aromatic heterocycles. The van der Waals surface area contributed by atoms with Crippen LogP contribution in [0.4, 0.5) is 0 Å². The molecule has 1 saturated heterocycles. The molecule has 0 radical (unpaired) electrons. The van der Waals surface area contributed by atoms with Crippen LogP contribution in [-0.2, 0) is 10.0 Å². The Kier molecular flexibility index (Phi) is 4.35. The van der Waals surface area contributed by atoms with Crippen LogP contribution in [0, 0.1) is 6.92 Å². The van der Waals surface area contributed by atoms with E-state index in [-0.39, 0.29) is 18.0 Å². The van der Waals surface area contributed by atoms with Gasteiger partial charge in [0.25, 0.3) is 0 Å². The Morgan fingerprint density at radius 1 is 1.09 bits per heavy atom. The first-order chi connectivity index (χ1) is 11.0. The first kappa shape index (κ1) is 15.9. The van der Waals surface area contributed by atoms with E-state index >= 15 is 0 Å². The molecule has 1 heterocycles. The number of aliphatic hydroxyl groups excluding tert-OH is 1. The molecule has 1 fully saturated rings. The van der Waals surface area contributed by atoms with Gasteiger partial charge >= 0.3 is 0 Å². The summed E-state index contributed by atoms with van der Waals surface area (Å²) >= 11 is 0. The van der Waals surface area contributed by atoms with Crippen LogP contribution in [0.15, 0.2) is 65.1 Å². The van der Waals surface area contributed by atoms with Crippen molar-refractivity contribution >= 4 is 16.1 Å². The number of benzene rings is 2. The Morgan fingerprint density at radius 3 is 2.39 bits per heavy atom. The molecule has 1 unspecified atom stereocenters. The fourth-order valence-electron chi connectivity index (χ4n) is 2.63. The molecule has 120 valence electrons. The molecule has 23 heavy (non-hydrogen) atoms. The van der Waals surface area contributed by atoms with Crippen molar-refractivity contribution in [2.45, 2.75) is 17.9 Å². The largest absolute Gasteiger partial charge is 0.387 e. The smallest absolute Gasteiger partial charge is 0.243 e. The highest BCUT2D eigenvalue weighted by Gasteiger charge is 2.34. The molecule has 4 nitrogen and oxygen atoms in total. The summed E-state index contributed by atoms with van der Waals surface area (Å²) < 4.78 is 26.7. The van der Waals surface area contributed by atoms with Crippen LogP contribution in [0.1, 0.15) is 11.1 Å². The van der Waals surface area contributed by atoms with Gasteiger partial charge in [-0.15, -0.1) is 0 Å². The van der Waals surface area contributed by atoms with Crippen molar-refractivity contribution in [2.24, 2.45) is 0 Å². The molecule has 3 rings (SSSR count). The molecule has 1 aliphatic heterocycles. The minimum atomic E-state index is -3.58. The van der Waals surface area contributed by atoms with E-state index < -0.39 is 16.1 Å². The maximum absolute atomic E-state index is 12.7. The van der Waals surface area contributed by atoms with Gasteiger partial charge in [-0.2, -0.15) is 4.31 Å². The number of aliphatic hydroxyl groups is 1. The molecule has 0 bridgehead atoms. The second-order valence-corrected chi connectivity index (χ2v) is 7.69. The molecule has 0 saturated carbocycles. The van der Waals surface area contributed by atoms with Crippen molar-refractivity contribution in [3.8, 4) is 0 Å². The third kappa shape index (κ3) is 3.37. The SMILES string of the molecule is Cc1ccc(S(=O)(=O)N2C/C(=C\c3ccccc3)C(O)C2)cc1. The molecular weight excluding hydrogens is 310 g/mol. The number of nitrogens with zero attached hydrogens (tertiary/aromatic N) is 1. The zero-order chi connectivity index (χ0) is 16.4. The van der Waals surface area contributed by atoms with E-state index in [0.29, 0.717) is 5.57 Å². The molecule has 1 aliphatic rings. The normalized spacial score (nSPS) is 21.0. The van der Waals surface area contributed by atoms with E-state index in [4.69, 9.17) is 0 Å². The average molecular weight is 329 g/mol. The number of rotatable bonds is 3. The second-order valence-electron chi connectivity index (χ2n) is 5.76. The highest BCUT2D eigenvalue weighted by atomic mass is 32.2. The van der Waals surface area contributed by atoms with Crippen molar-refractivity contribution < 1.29 is 13.5 Å². The molecule has 5 heteroatoms. The van der Waals surface area contributed by atoms with Crippen molar-refractivity contribution in [3.05, 3.63) is 71.3 Å². The number of hydrogen-bond acceptors (Lipinski definition) is 3. The minimum absolute atomic E-state index is 0.0921. The lowest BCUT2D eigenvalue weighted by Gasteiger charge is -2.15.